The highest BCUT2D eigenvalue weighted by Gasteiger charge is 2.32. The molecule has 0 radical (unpaired) electrons. The minimum atomic E-state index is -4.61. The number of carbonyl (C=O) groups excluding carboxylic acids is 3. The van der Waals surface area contributed by atoms with Gasteiger partial charge in [-0.3, -0.25) is 34.4 Å². The van der Waals surface area contributed by atoms with Gasteiger partial charge in [0.15, 0.2) is 0 Å². The average Bonchev–Trinajstić information content (AvgIpc) is 3.44. The normalized spacial score (nSPS) is 16.9. The Morgan fingerprint density at radius 1 is 1.04 bits per heavy atom. The van der Waals surface area contributed by atoms with Crippen LogP contribution in [0.2, 0.25) is 0 Å². The van der Waals surface area contributed by atoms with Crippen LogP contribution in [0.1, 0.15) is 66.3 Å². The SMILES string of the molecule is CC(C)(O)c1cc2nn(C3CCN(Cc4ccc(N5CCC(=O)NC5=O)cc4)CC3)cc2cc1NC(=O)c1ccc(C(F)(F)F)nc1. The lowest BCUT2D eigenvalue weighted by Gasteiger charge is -2.32. The number of fused-ring (bicyclic) bond motifs is 1. The van der Waals surface area contributed by atoms with E-state index in [0.717, 1.165) is 67.4 Å². The molecule has 2 aliphatic rings. The van der Waals surface area contributed by atoms with Gasteiger partial charge in [-0.1, -0.05) is 12.1 Å². The number of piperidine rings is 1. The molecule has 246 valence electrons. The number of anilines is 2. The summed E-state index contributed by atoms with van der Waals surface area (Å²) in [7, 11) is 0. The number of aliphatic hydroxyl groups is 1. The smallest absolute Gasteiger partial charge is 0.386 e. The van der Waals surface area contributed by atoms with E-state index in [1.54, 1.807) is 30.9 Å². The van der Waals surface area contributed by atoms with Crippen LogP contribution in [-0.2, 0) is 23.1 Å². The summed E-state index contributed by atoms with van der Waals surface area (Å²) in [5, 5.41) is 21.5. The van der Waals surface area contributed by atoms with Crippen LogP contribution in [0.4, 0.5) is 29.3 Å². The minimum absolute atomic E-state index is 0.0507. The largest absolute Gasteiger partial charge is 0.433 e. The van der Waals surface area contributed by atoms with E-state index in [0.29, 0.717) is 23.3 Å². The zero-order valence-electron chi connectivity index (χ0n) is 25.8. The predicted molar refractivity (Wildman–Crippen MR) is 168 cm³/mol. The molecule has 0 unspecified atom stereocenters. The topological polar surface area (TPSA) is 133 Å². The number of pyridine rings is 1. The Bertz CT molecular complexity index is 1810. The molecule has 0 spiro atoms. The number of aromatic nitrogens is 3. The number of rotatable bonds is 7. The first-order valence-corrected chi connectivity index (χ1v) is 15.3. The van der Waals surface area contributed by atoms with Gasteiger partial charge in [0.2, 0.25) is 5.91 Å². The van der Waals surface area contributed by atoms with Gasteiger partial charge < -0.3 is 10.4 Å². The molecule has 47 heavy (non-hydrogen) atoms. The zero-order chi connectivity index (χ0) is 33.5. The standard InChI is InChI=1S/C33H34F3N7O4/c1-32(2,47)25-16-26-22(15-27(25)38-30(45)21-5-8-28(37-17-21)33(34,35)36)19-43(40-26)24-9-12-41(13-10-24)18-20-3-6-23(7-4-20)42-14-11-29(44)39-31(42)46/h3-8,15-17,19,24,47H,9-14,18H2,1-2H3,(H,38,45)(H,39,44,46). The highest BCUT2D eigenvalue weighted by molar-refractivity contribution is 6.06. The van der Waals surface area contributed by atoms with Crippen LogP contribution < -0.4 is 15.5 Å². The van der Waals surface area contributed by atoms with Gasteiger partial charge in [-0.05, 0) is 68.7 Å². The van der Waals surface area contributed by atoms with E-state index in [9.17, 15) is 32.7 Å². The quantitative estimate of drug-likeness (QED) is 0.250. The van der Waals surface area contributed by atoms with Crippen molar-refractivity contribution < 1.29 is 32.7 Å². The summed E-state index contributed by atoms with van der Waals surface area (Å²) in [4.78, 5) is 43.8. The number of halogens is 3. The van der Waals surface area contributed by atoms with Gasteiger partial charge in [0, 0.05) is 67.3 Å². The zero-order valence-corrected chi connectivity index (χ0v) is 25.8. The summed E-state index contributed by atoms with van der Waals surface area (Å²) >= 11 is 0. The van der Waals surface area contributed by atoms with E-state index in [4.69, 9.17) is 5.10 Å². The number of imide groups is 1. The second-order valence-electron chi connectivity index (χ2n) is 12.4. The number of carbonyl (C=O) groups is 3. The van der Waals surface area contributed by atoms with Crippen molar-refractivity contribution >= 4 is 40.1 Å². The molecule has 0 bridgehead atoms. The lowest BCUT2D eigenvalue weighted by molar-refractivity contribution is -0.141. The molecule has 0 aliphatic carbocycles. The second-order valence-corrected chi connectivity index (χ2v) is 12.4. The Hall–Kier alpha value is -4.82. The van der Waals surface area contributed by atoms with Gasteiger partial charge in [-0.25, -0.2) is 4.79 Å². The first kappa shape index (κ1) is 32.1. The summed E-state index contributed by atoms with van der Waals surface area (Å²) in [5.74, 6) is -0.918. The van der Waals surface area contributed by atoms with E-state index >= 15 is 0 Å². The van der Waals surface area contributed by atoms with Crippen molar-refractivity contribution in [2.24, 2.45) is 0 Å². The molecule has 2 aromatic heterocycles. The summed E-state index contributed by atoms with van der Waals surface area (Å²) < 4.78 is 40.6. The highest BCUT2D eigenvalue weighted by Crippen LogP contribution is 2.34. The van der Waals surface area contributed by atoms with E-state index in [2.05, 4.69) is 20.5 Å². The fraction of sp³-hybridized carbons (Fsp3) is 0.364. The first-order valence-electron chi connectivity index (χ1n) is 15.3. The fourth-order valence-electron chi connectivity index (χ4n) is 5.97. The number of alkyl halides is 3. The summed E-state index contributed by atoms with van der Waals surface area (Å²) in [5.41, 5.74) is 0.757. The minimum Gasteiger partial charge on any atom is -0.386 e. The third kappa shape index (κ3) is 7.13. The van der Waals surface area contributed by atoms with Gasteiger partial charge in [-0.15, -0.1) is 0 Å². The maximum absolute atomic E-state index is 12.9. The monoisotopic (exact) mass is 649 g/mol. The number of likely N-dealkylation sites (tertiary alicyclic amines) is 1. The predicted octanol–water partition coefficient (Wildman–Crippen LogP) is 5.21. The molecule has 4 heterocycles. The van der Waals surface area contributed by atoms with E-state index in [-0.39, 0.29) is 23.9 Å². The van der Waals surface area contributed by atoms with Gasteiger partial charge >= 0.3 is 12.2 Å². The molecular formula is C33H34F3N7O4. The van der Waals surface area contributed by atoms with Gasteiger partial charge in [0.05, 0.1) is 22.7 Å². The van der Waals surface area contributed by atoms with Crippen molar-refractivity contribution in [2.75, 3.05) is 29.9 Å². The van der Waals surface area contributed by atoms with Gasteiger partial charge in [0.25, 0.3) is 5.91 Å². The fourth-order valence-corrected chi connectivity index (χ4v) is 5.97. The van der Waals surface area contributed by atoms with Crippen LogP contribution in [0.5, 0.6) is 0 Å². The maximum Gasteiger partial charge on any atom is 0.433 e. The Kier molecular flexibility index (Phi) is 8.49. The lowest BCUT2D eigenvalue weighted by Crippen LogP contribution is -2.49. The lowest BCUT2D eigenvalue weighted by atomic mass is 9.95. The Morgan fingerprint density at radius 3 is 2.38 bits per heavy atom. The number of urea groups is 1. The molecular weight excluding hydrogens is 615 g/mol. The number of hydrogen-bond donors (Lipinski definition) is 3. The molecule has 0 atom stereocenters. The molecule has 3 N–H and O–H groups in total. The number of amides is 4. The van der Waals surface area contributed by atoms with Gasteiger partial charge in [0.1, 0.15) is 5.69 Å². The average molecular weight is 650 g/mol. The molecule has 4 amide bonds. The van der Waals surface area contributed by atoms with Crippen molar-refractivity contribution in [3.63, 3.8) is 0 Å². The van der Waals surface area contributed by atoms with Crippen molar-refractivity contribution in [3.8, 4) is 0 Å². The molecule has 2 aliphatic heterocycles. The second kappa shape index (κ2) is 12.4. The summed E-state index contributed by atoms with van der Waals surface area (Å²) in [6, 6.07) is 12.8. The van der Waals surface area contributed by atoms with Crippen molar-refractivity contribution in [3.05, 3.63) is 83.3 Å². The summed E-state index contributed by atoms with van der Waals surface area (Å²) in [6.07, 6.45) is 0.155. The first-order chi connectivity index (χ1) is 22.2. The highest BCUT2D eigenvalue weighted by atomic mass is 19.4. The Balaban J connectivity index is 1.11. The van der Waals surface area contributed by atoms with Crippen LogP contribution in [0.25, 0.3) is 10.9 Å². The summed E-state index contributed by atoms with van der Waals surface area (Å²) in [6.45, 7) is 5.96. The number of nitrogens with zero attached hydrogens (tertiary/aromatic N) is 5. The molecule has 2 saturated heterocycles. The molecule has 0 saturated carbocycles. The third-order valence-electron chi connectivity index (χ3n) is 8.52. The maximum atomic E-state index is 12.9. The van der Waals surface area contributed by atoms with Crippen molar-refractivity contribution in [1.82, 2.24) is 25.0 Å². The van der Waals surface area contributed by atoms with Crippen molar-refractivity contribution in [2.45, 2.75) is 57.5 Å². The van der Waals surface area contributed by atoms with Crippen LogP contribution in [0, 0.1) is 0 Å². The number of benzene rings is 2. The van der Waals surface area contributed by atoms with Gasteiger partial charge in [-0.2, -0.15) is 18.3 Å². The van der Waals surface area contributed by atoms with Crippen LogP contribution in [0.3, 0.4) is 0 Å². The Labute approximate surface area is 268 Å². The van der Waals surface area contributed by atoms with E-state index in [1.165, 1.54) is 0 Å². The molecule has 11 nitrogen and oxygen atoms in total. The Morgan fingerprint density at radius 2 is 1.77 bits per heavy atom. The van der Waals surface area contributed by atoms with Crippen LogP contribution >= 0.6 is 0 Å². The number of hydrogen-bond acceptors (Lipinski definition) is 7. The van der Waals surface area contributed by atoms with Crippen LogP contribution in [-0.4, -0.2) is 62.3 Å². The molecule has 2 fully saturated rings. The molecule has 14 heteroatoms. The number of nitrogens with one attached hydrogen (secondary N) is 2. The third-order valence-corrected chi connectivity index (χ3v) is 8.52. The van der Waals surface area contributed by atoms with E-state index in [1.807, 2.05) is 35.1 Å². The van der Waals surface area contributed by atoms with Crippen molar-refractivity contribution in [1.29, 1.82) is 0 Å². The molecule has 4 aromatic rings. The van der Waals surface area contributed by atoms with E-state index < -0.39 is 29.4 Å². The molecule has 2 aromatic carbocycles. The molecule has 6 rings (SSSR count). The van der Waals surface area contributed by atoms with Crippen LogP contribution in [0.15, 0.2) is 60.9 Å².